The summed E-state index contributed by atoms with van der Waals surface area (Å²) in [5.74, 6) is 0. The van der Waals surface area contributed by atoms with Gasteiger partial charge in [0.1, 0.15) is 0 Å². The number of nitrogens with two attached hydrogens (primary N) is 2. The normalized spacial score (nSPS) is 12.0. The lowest BCUT2D eigenvalue weighted by Crippen LogP contribution is -2.21. The zero-order valence-corrected chi connectivity index (χ0v) is 9.99. The van der Waals surface area contributed by atoms with Gasteiger partial charge in [-0.2, -0.15) is 0 Å². The van der Waals surface area contributed by atoms with E-state index in [0.717, 1.165) is 10.0 Å². The van der Waals surface area contributed by atoms with Gasteiger partial charge in [-0.05, 0) is 23.8 Å². The Morgan fingerprint density at radius 1 is 1.46 bits per heavy atom. The lowest BCUT2D eigenvalue weighted by molar-refractivity contribution is 0.737. The van der Waals surface area contributed by atoms with Gasteiger partial charge in [0, 0.05) is 22.1 Å². The zero-order valence-electron chi connectivity index (χ0n) is 6.84. The van der Waals surface area contributed by atoms with Crippen molar-refractivity contribution in [3.8, 4) is 0 Å². The number of hydrogen-bond acceptors (Lipinski definition) is 2. The lowest BCUT2D eigenvalue weighted by atomic mass is 10.1. The summed E-state index contributed by atoms with van der Waals surface area (Å²) in [6, 6.07) is 5.38. The molecule has 2 nitrogen and oxygen atoms in total. The predicted molar refractivity (Wildman–Crippen MR) is 62.4 cm³/mol. The van der Waals surface area contributed by atoms with Crippen LogP contribution in [0.3, 0.4) is 0 Å². The summed E-state index contributed by atoms with van der Waals surface area (Å²) in [6.07, 6.45) is 0. The molecule has 1 aromatic rings. The monoisotopic (exact) mass is 284 g/mol. The Bertz CT molecular complexity index is 281. The fourth-order valence-corrected chi connectivity index (χ4v) is 1.56. The van der Waals surface area contributed by atoms with Gasteiger partial charge in [-0.3, -0.25) is 0 Å². The quantitative estimate of drug-likeness (QED) is 0.877. The fraction of sp³-hybridized carbons (Fsp3) is 0.250. The highest BCUT2D eigenvalue weighted by molar-refractivity contribution is 9.10. The molecule has 0 amide bonds. The van der Waals surface area contributed by atoms with Gasteiger partial charge >= 0.3 is 0 Å². The molecule has 0 saturated heterocycles. The van der Waals surface area contributed by atoms with Gasteiger partial charge in [0.05, 0.1) is 0 Å². The average Bonchev–Trinajstić information content (AvgIpc) is 2.08. The van der Waals surface area contributed by atoms with Crippen molar-refractivity contribution in [3.63, 3.8) is 0 Å². The Morgan fingerprint density at radius 3 is 2.62 bits per heavy atom. The van der Waals surface area contributed by atoms with Crippen LogP contribution in [0.4, 0.5) is 0 Å². The first kappa shape index (κ1) is 13.2. The van der Waals surface area contributed by atoms with Crippen molar-refractivity contribution in [1.82, 2.24) is 0 Å². The number of hydrogen-bond donors (Lipinski definition) is 2. The molecule has 0 radical (unpaired) electrons. The smallest absolute Gasteiger partial charge is 0.0455 e. The fourth-order valence-electron chi connectivity index (χ4n) is 0.926. The summed E-state index contributed by atoms with van der Waals surface area (Å²) in [6.45, 7) is 0.399. The van der Waals surface area contributed by atoms with Crippen molar-refractivity contribution in [2.45, 2.75) is 6.04 Å². The second-order valence-corrected chi connectivity index (χ2v) is 3.83. The topological polar surface area (TPSA) is 52.0 Å². The van der Waals surface area contributed by atoms with E-state index in [4.69, 9.17) is 23.1 Å². The molecule has 4 N–H and O–H groups in total. The zero-order chi connectivity index (χ0) is 9.14. The van der Waals surface area contributed by atoms with Gasteiger partial charge < -0.3 is 11.5 Å². The van der Waals surface area contributed by atoms with Crippen LogP contribution in [0.2, 0.25) is 5.02 Å². The van der Waals surface area contributed by atoms with Gasteiger partial charge in [0.25, 0.3) is 0 Å². The van der Waals surface area contributed by atoms with Crippen LogP contribution in [0.5, 0.6) is 0 Å². The maximum atomic E-state index is 5.91. The van der Waals surface area contributed by atoms with Crippen molar-refractivity contribution >= 4 is 39.9 Å². The first-order chi connectivity index (χ1) is 5.65. The first-order valence-corrected chi connectivity index (χ1v) is 4.73. The molecular formula is C8H11BrCl2N2. The highest BCUT2D eigenvalue weighted by Gasteiger charge is 2.07. The molecule has 1 atom stereocenters. The van der Waals surface area contributed by atoms with E-state index in [9.17, 15) is 0 Å². The molecule has 1 rings (SSSR count). The van der Waals surface area contributed by atoms with E-state index >= 15 is 0 Å². The van der Waals surface area contributed by atoms with Crippen LogP contribution >= 0.6 is 39.9 Å². The van der Waals surface area contributed by atoms with Gasteiger partial charge in [-0.15, -0.1) is 12.4 Å². The van der Waals surface area contributed by atoms with Gasteiger partial charge in [-0.25, -0.2) is 0 Å². The minimum atomic E-state index is -0.185. The summed E-state index contributed by atoms with van der Waals surface area (Å²) in [5, 5.41) is 0.663. The van der Waals surface area contributed by atoms with Gasteiger partial charge in [0.2, 0.25) is 0 Å². The van der Waals surface area contributed by atoms with Crippen LogP contribution in [0, 0.1) is 0 Å². The van der Waals surface area contributed by atoms with Crippen molar-refractivity contribution in [2.24, 2.45) is 11.5 Å². The van der Waals surface area contributed by atoms with Crippen molar-refractivity contribution in [3.05, 3.63) is 33.3 Å². The van der Waals surface area contributed by atoms with Crippen LogP contribution in [-0.4, -0.2) is 6.54 Å². The summed E-state index contributed by atoms with van der Waals surface area (Å²) in [5.41, 5.74) is 12.0. The molecule has 0 fully saturated rings. The Labute approximate surface area is 97.2 Å². The molecule has 0 bridgehead atoms. The molecule has 1 aromatic carbocycles. The Balaban J connectivity index is 0.00000144. The molecular weight excluding hydrogens is 275 g/mol. The Morgan fingerprint density at radius 2 is 2.08 bits per heavy atom. The second kappa shape index (κ2) is 5.83. The van der Waals surface area contributed by atoms with E-state index in [1.807, 2.05) is 12.1 Å². The predicted octanol–water partition coefficient (Wildman–Crippen LogP) is 2.48. The van der Waals surface area contributed by atoms with E-state index in [0.29, 0.717) is 11.6 Å². The molecule has 5 heteroatoms. The third kappa shape index (κ3) is 3.44. The molecule has 0 saturated carbocycles. The van der Waals surface area contributed by atoms with E-state index < -0.39 is 0 Å². The molecule has 0 aromatic heterocycles. The molecule has 0 aliphatic carbocycles. The summed E-state index contributed by atoms with van der Waals surface area (Å²) in [7, 11) is 0. The third-order valence-corrected chi connectivity index (χ3v) is 2.45. The highest BCUT2D eigenvalue weighted by atomic mass is 79.9. The van der Waals surface area contributed by atoms with Crippen molar-refractivity contribution < 1.29 is 0 Å². The molecule has 13 heavy (non-hydrogen) atoms. The largest absolute Gasteiger partial charge is 0.329 e. The van der Waals surface area contributed by atoms with Crippen LogP contribution in [0.1, 0.15) is 11.6 Å². The number of benzene rings is 1. The molecule has 74 valence electrons. The van der Waals surface area contributed by atoms with Crippen LogP contribution in [0.15, 0.2) is 22.7 Å². The second-order valence-electron chi connectivity index (χ2n) is 2.51. The Kier molecular flexibility index (Phi) is 5.92. The average molecular weight is 286 g/mol. The van der Waals surface area contributed by atoms with Crippen LogP contribution < -0.4 is 11.5 Å². The molecule has 0 aliphatic heterocycles. The maximum absolute atomic E-state index is 5.91. The van der Waals surface area contributed by atoms with Gasteiger partial charge in [-0.1, -0.05) is 27.5 Å². The van der Waals surface area contributed by atoms with E-state index in [2.05, 4.69) is 15.9 Å². The number of halogens is 3. The summed E-state index contributed by atoms with van der Waals surface area (Å²) >= 11 is 9.25. The SMILES string of the molecule is Cl.NC[C@@H](N)c1cc(Br)ccc1Cl. The van der Waals surface area contributed by atoms with E-state index in [-0.39, 0.29) is 18.4 Å². The maximum Gasteiger partial charge on any atom is 0.0455 e. The van der Waals surface area contributed by atoms with Crippen molar-refractivity contribution in [1.29, 1.82) is 0 Å². The molecule has 0 aliphatic rings. The minimum absolute atomic E-state index is 0. The molecule has 0 spiro atoms. The highest BCUT2D eigenvalue weighted by Crippen LogP contribution is 2.24. The van der Waals surface area contributed by atoms with Crippen molar-refractivity contribution in [2.75, 3.05) is 6.54 Å². The summed E-state index contributed by atoms with van der Waals surface area (Å²) < 4.78 is 0.964. The first-order valence-electron chi connectivity index (χ1n) is 3.55. The molecule has 0 heterocycles. The van der Waals surface area contributed by atoms with E-state index in [1.165, 1.54) is 0 Å². The van der Waals surface area contributed by atoms with E-state index in [1.54, 1.807) is 6.07 Å². The van der Waals surface area contributed by atoms with Gasteiger partial charge in [0.15, 0.2) is 0 Å². The molecule has 0 unspecified atom stereocenters. The third-order valence-electron chi connectivity index (χ3n) is 1.61. The number of rotatable bonds is 2. The standard InChI is InChI=1S/C8H10BrClN2.ClH/c9-5-1-2-7(10)6(3-5)8(12)4-11;/h1-3,8H,4,11-12H2;1H/t8-;/m1./s1. The van der Waals surface area contributed by atoms with Crippen LogP contribution in [-0.2, 0) is 0 Å². The van der Waals surface area contributed by atoms with Crippen LogP contribution in [0.25, 0.3) is 0 Å². The summed E-state index contributed by atoms with van der Waals surface area (Å²) in [4.78, 5) is 0. The minimum Gasteiger partial charge on any atom is -0.329 e. The lowest BCUT2D eigenvalue weighted by Gasteiger charge is -2.11. The Hall–Kier alpha value is 0.200.